The summed E-state index contributed by atoms with van der Waals surface area (Å²) in [6.45, 7) is 1.91. The van der Waals surface area contributed by atoms with Gasteiger partial charge in [-0.1, -0.05) is 12.1 Å². The zero-order valence-electron chi connectivity index (χ0n) is 8.93. The Kier molecular flexibility index (Phi) is 2.68. The first-order valence-electron chi connectivity index (χ1n) is 4.69. The van der Waals surface area contributed by atoms with Gasteiger partial charge in [0.2, 0.25) is 0 Å². The number of hydrogen-bond acceptors (Lipinski definition) is 5. The third-order valence-corrected chi connectivity index (χ3v) is 2.30. The van der Waals surface area contributed by atoms with Gasteiger partial charge in [-0.15, -0.1) is 0 Å². The number of benzene rings is 1. The summed E-state index contributed by atoms with van der Waals surface area (Å²) < 4.78 is 9.82. The van der Waals surface area contributed by atoms with Crippen LogP contribution in [0.15, 0.2) is 22.8 Å². The third-order valence-electron chi connectivity index (χ3n) is 2.30. The fourth-order valence-corrected chi connectivity index (χ4v) is 1.57. The summed E-state index contributed by atoms with van der Waals surface area (Å²) in [6.07, 6.45) is 0.605. The molecular weight excluding hydrogens is 208 g/mol. The molecule has 0 aliphatic heterocycles. The molecule has 0 saturated heterocycles. The zero-order chi connectivity index (χ0) is 11.5. The molecule has 0 spiro atoms. The summed E-state index contributed by atoms with van der Waals surface area (Å²) in [6, 6.07) is 5.57. The van der Waals surface area contributed by atoms with Gasteiger partial charge >= 0.3 is 0 Å². The number of ether oxygens (including phenoxy) is 1. The summed E-state index contributed by atoms with van der Waals surface area (Å²) in [7, 11) is 1.57. The maximum Gasteiger partial charge on any atom is 0.175 e. The SMILES string of the molecule is COc1c(C)cccc1-c1nonc1C=O. The largest absolute Gasteiger partial charge is 0.496 e. The summed E-state index contributed by atoms with van der Waals surface area (Å²) >= 11 is 0. The maximum absolute atomic E-state index is 10.7. The highest BCUT2D eigenvalue weighted by Crippen LogP contribution is 2.32. The van der Waals surface area contributed by atoms with Crippen LogP contribution in [0.3, 0.4) is 0 Å². The first-order valence-corrected chi connectivity index (χ1v) is 4.69. The second kappa shape index (κ2) is 4.14. The Morgan fingerprint density at radius 2 is 2.19 bits per heavy atom. The molecule has 0 aliphatic carbocycles. The summed E-state index contributed by atoms with van der Waals surface area (Å²) in [5, 5.41) is 7.22. The topological polar surface area (TPSA) is 65.2 Å². The smallest absolute Gasteiger partial charge is 0.175 e. The fraction of sp³-hybridized carbons (Fsp3) is 0.182. The van der Waals surface area contributed by atoms with E-state index in [1.54, 1.807) is 13.2 Å². The quantitative estimate of drug-likeness (QED) is 0.736. The molecule has 0 radical (unpaired) electrons. The number of carbonyl (C=O) groups is 1. The minimum atomic E-state index is 0.170. The van der Waals surface area contributed by atoms with Crippen molar-refractivity contribution in [2.75, 3.05) is 7.11 Å². The highest BCUT2D eigenvalue weighted by Gasteiger charge is 2.16. The molecule has 1 aromatic heterocycles. The predicted molar refractivity (Wildman–Crippen MR) is 56.4 cm³/mol. The molecular formula is C11H10N2O3. The van der Waals surface area contributed by atoms with E-state index in [9.17, 15) is 4.79 Å². The van der Waals surface area contributed by atoms with E-state index in [0.717, 1.165) is 5.56 Å². The van der Waals surface area contributed by atoms with E-state index in [2.05, 4.69) is 14.9 Å². The molecule has 2 rings (SSSR count). The van der Waals surface area contributed by atoms with Gasteiger partial charge in [0.05, 0.1) is 7.11 Å². The van der Waals surface area contributed by atoms with Crippen LogP contribution in [0.1, 0.15) is 16.1 Å². The highest BCUT2D eigenvalue weighted by atomic mass is 16.6. The second-order valence-corrected chi connectivity index (χ2v) is 3.27. The van der Waals surface area contributed by atoms with Gasteiger partial charge in [-0.3, -0.25) is 4.79 Å². The lowest BCUT2D eigenvalue weighted by atomic mass is 10.1. The van der Waals surface area contributed by atoms with Gasteiger partial charge < -0.3 is 4.74 Å². The number of carbonyl (C=O) groups excluding carboxylic acids is 1. The van der Waals surface area contributed by atoms with Crippen molar-refractivity contribution in [1.29, 1.82) is 0 Å². The number of aromatic nitrogens is 2. The molecule has 0 N–H and O–H groups in total. The Morgan fingerprint density at radius 3 is 2.88 bits per heavy atom. The number of para-hydroxylation sites is 1. The summed E-state index contributed by atoms with van der Waals surface area (Å²) in [5.74, 6) is 0.668. The Balaban J connectivity index is 2.64. The minimum Gasteiger partial charge on any atom is -0.496 e. The van der Waals surface area contributed by atoms with Crippen molar-refractivity contribution < 1.29 is 14.2 Å². The molecule has 82 valence electrons. The van der Waals surface area contributed by atoms with Crippen LogP contribution in [0.5, 0.6) is 5.75 Å². The van der Waals surface area contributed by atoms with Gasteiger partial charge in [0.15, 0.2) is 12.0 Å². The van der Waals surface area contributed by atoms with Crippen LogP contribution < -0.4 is 4.74 Å². The average Bonchev–Trinajstić information content (AvgIpc) is 2.76. The van der Waals surface area contributed by atoms with Crippen LogP contribution >= 0.6 is 0 Å². The lowest BCUT2D eigenvalue weighted by Crippen LogP contribution is -1.93. The molecule has 0 saturated carbocycles. The number of nitrogens with zero attached hydrogens (tertiary/aromatic N) is 2. The molecule has 0 amide bonds. The van der Waals surface area contributed by atoms with Gasteiger partial charge in [-0.25, -0.2) is 4.63 Å². The van der Waals surface area contributed by atoms with Crippen molar-refractivity contribution in [3.8, 4) is 17.0 Å². The summed E-state index contributed by atoms with van der Waals surface area (Å²) in [4.78, 5) is 10.7. The predicted octanol–water partition coefficient (Wildman–Crippen LogP) is 1.87. The van der Waals surface area contributed by atoms with Crippen LogP contribution in [0.4, 0.5) is 0 Å². The Labute approximate surface area is 92.0 Å². The molecule has 1 aromatic carbocycles. The van der Waals surface area contributed by atoms with Crippen molar-refractivity contribution >= 4 is 6.29 Å². The second-order valence-electron chi connectivity index (χ2n) is 3.27. The molecule has 1 heterocycles. The Bertz CT molecular complexity index is 520. The number of rotatable bonds is 3. The molecule has 0 aliphatic rings. The van der Waals surface area contributed by atoms with E-state index in [-0.39, 0.29) is 5.69 Å². The van der Waals surface area contributed by atoms with E-state index in [0.29, 0.717) is 23.3 Å². The van der Waals surface area contributed by atoms with Gasteiger partial charge in [-0.2, -0.15) is 0 Å². The van der Waals surface area contributed by atoms with E-state index < -0.39 is 0 Å². The van der Waals surface area contributed by atoms with Crippen molar-refractivity contribution in [1.82, 2.24) is 10.3 Å². The van der Waals surface area contributed by atoms with E-state index >= 15 is 0 Å². The highest BCUT2D eigenvalue weighted by molar-refractivity contribution is 5.85. The fourth-order valence-electron chi connectivity index (χ4n) is 1.57. The molecule has 5 heteroatoms. The van der Waals surface area contributed by atoms with Crippen molar-refractivity contribution in [2.24, 2.45) is 0 Å². The lowest BCUT2D eigenvalue weighted by Gasteiger charge is -2.08. The maximum atomic E-state index is 10.7. The van der Waals surface area contributed by atoms with Crippen molar-refractivity contribution in [2.45, 2.75) is 6.92 Å². The van der Waals surface area contributed by atoms with Crippen molar-refractivity contribution in [3.05, 3.63) is 29.5 Å². The normalized spacial score (nSPS) is 10.1. The first-order chi connectivity index (χ1) is 7.77. The Morgan fingerprint density at radius 1 is 1.38 bits per heavy atom. The van der Waals surface area contributed by atoms with Gasteiger partial charge in [-0.05, 0) is 28.9 Å². The van der Waals surface area contributed by atoms with E-state index in [4.69, 9.17) is 4.74 Å². The zero-order valence-corrected chi connectivity index (χ0v) is 8.93. The van der Waals surface area contributed by atoms with Gasteiger partial charge in [0.25, 0.3) is 0 Å². The van der Waals surface area contributed by atoms with Crippen LogP contribution in [-0.2, 0) is 0 Å². The van der Waals surface area contributed by atoms with Crippen LogP contribution in [0.25, 0.3) is 11.3 Å². The molecule has 0 unspecified atom stereocenters. The van der Waals surface area contributed by atoms with Gasteiger partial charge in [0, 0.05) is 5.56 Å². The standard InChI is InChI=1S/C11H10N2O3/c1-7-4-3-5-8(11(7)15-2)10-9(6-14)12-16-13-10/h3-6H,1-2H3. The van der Waals surface area contributed by atoms with Crippen LogP contribution in [-0.4, -0.2) is 23.7 Å². The molecule has 16 heavy (non-hydrogen) atoms. The Hall–Kier alpha value is -2.17. The van der Waals surface area contributed by atoms with Crippen LogP contribution in [0.2, 0.25) is 0 Å². The number of aldehydes is 1. The lowest BCUT2D eigenvalue weighted by molar-refractivity contribution is 0.111. The summed E-state index contributed by atoms with van der Waals surface area (Å²) in [5.41, 5.74) is 2.23. The van der Waals surface area contributed by atoms with Crippen LogP contribution in [0, 0.1) is 6.92 Å². The van der Waals surface area contributed by atoms with Crippen molar-refractivity contribution in [3.63, 3.8) is 0 Å². The van der Waals surface area contributed by atoms with Gasteiger partial charge in [0.1, 0.15) is 11.4 Å². The third kappa shape index (κ3) is 1.56. The number of hydrogen-bond donors (Lipinski definition) is 0. The minimum absolute atomic E-state index is 0.170. The molecule has 2 aromatic rings. The molecule has 0 fully saturated rings. The molecule has 0 atom stereocenters. The van der Waals surface area contributed by atoms with E-state index in [1.807, 2.05) is 19.1 Å². The monoisotopic (exact) mass is 218 g/mol. The molecule has 5 nitrogen and oxygen atoms in total. The van der Waals surface area contributed by atoms with E-state index in [1.165, 1.54) is 0 Å². The first kappa shape index (κ1) is 10.4. The molecule has 0 bridgehead atoms. The average molecular weight is 218 g/mol. The number of aryl methyl sites for hydroxylation is 1. The number of methoxy groups -OCH3 is 1.